The van der Waals surface area contributed by atoms with E-state index in [4.69, 9.17) is 0 Å². The largest absolute Gasteiger partial charge is 0.353 e. The van der Waals surface area contributed by atoms with Gasteiger partial charge in [-0.15, -0.1) is 0 Å². The summed E-state index contributed by atoms with van der Waals surface area (Å²) in [4.78, 5) is 38.7. The molecule has 21 heavy (non-hydrogen) atoms. The lowest BCUT2D eigenvalue weighted by atomic mass is 10.0. The molecular weight excluding hydrogens is 274 g/mol. The fourth-order valence-electron chi connectivity index (χ4n) is 2.45. The summed E-state index contributed by atoms with van der Waals surface area (Å²) >= 11 is 0. The van der Waals surface area contributed by atoms with Gasteiger partial charge in [0.2, 0.25) is 5.91 Å². The van der Waals surface area contributed by atoms with E-state index in [9.17, 15) is 14.4 Å². The molecule has 0 unspecified atom stereocenters. The Kier molecular flexibility index (Phi) is 4.79. The van der Waals surface area contributed by atoms with Crippen molar-refractivity contribution < 1.29 is 14.4 Å². The molecule has 0 aromatic carbocycles. The number of piperazine rings is 1. The van der Waals surface area contributed by atoms with E-state index in [1.807, 2.05) is 0 Å². The Hall–Kier alpha value is -1.67. The van der Waals surface area contributed by atoms with Crippen molar-refractivity contribution in [1.82, 2.24) is 25.8 Å². The molecule has 2 heterocycles. The number of amides is 4. The van der Waals surface area contributed by atoms with Crippen molar-refractivity contribution in [2.75, 3.05) is 45.8 Å². The van der Waals surface area contributed by atoms with Crippen LogP contribution < -0.4 is 16.0 Å². The zero-order valence-electron chi connectivity index (χ0n) is 12.6. The maximum Gasteiger partial charge on any atom is 0.325 e. The molecule has 8 nitrogen and oxygen atoms in total. The molecular formula is C13H23N5O3. The molecule has 0 saturated carbocycles. The maximum atomic E-state index is 11.9. The first-order valence-corrected chi connectivity index (χ1v) is 7.24. The number of nitrogens with one attached hydrogen (secondary N) is 3. The van der Waals surface area contributed by atoms with Crippen LogP contribution in [0.15, 0.2) is 0 Å². The van der Waals surface area contributed by atoms with Crippen molar-refractivity contribution in [2.45, 2.75) is 19.4 Å². The third kappa shape index (κ3) is 3.70. The zero-order chi connectivity index (χ0) is 15.5. The lowest BCUT2D eigenvalue weighted by Gasteiger charge is -2.28. The Morgan fingerprint density at radius 1 is 1.29 bits per heavy atom. The quantitative estimate of drug-likeness (QED) is 0.528. The molecule has 0 aromatic heterocycles. The highest BCUT2D eigenvalue weighted by atomic mass is 16.2. The highest BCUT2D eigenvalue weighted by Crippen LogP contribution is 2.19. The summed E-state index contributed by atoms with van der Waals surface area (Å²) in [6.07, 6.45) is 0. The van der Waals surface area contributed by atoms with Gasteiger partial charge >= 0.3 is 6.03 Å². The van der Waals surface area contributed by atoms with Crippen LogP contribution in [0.3, 0.4) is 0 Å². The average Bonchev–Trinajstić information content (AvgIpc) is 2.63. The van der Waals surface area contributed by atoms with Crippen LogP contribution >= 0.6 is 0 Å². The number of hydrogen-bond acceptors (Lipinski definition) is 5. The molecule has 4 amide bonds. The van der Waals surface area contributed by atoms with Crippen LogP contribution in [0.25, 0.3) is 0 Å². The summed E-state index contributed by atoms with van der Waals surface area (Å²) in [5.74, 6) is -0.621. The topological polar surface area (TPSA) is 93.8 Å². The number of carbonyl (C=O) groups is 3. The standard InChI is InChI=1S/C13H23N5O3/c1-13(2)11(20)16-12(21)18(13)9-10(19)15-5-8-17-6-3-14-4-7-17/h14H,3-9H2,1-2H3,(H,15,19)(H,16,20,21). The van der Waals surface area contributed by atoms with Gasteiger partial charge in [-0.25, -0.2) is 4.79 Å². The summed E-state index contributed by atoms with van der Waals surface area (Å²) in [5, 5.41) is 8.29. The van der Waals surface area contributed by atoms with E-state index in [1.54, 1.807) is 13.8 Å². The zero-order valence-corrected chi connectivity index (χ0v) is 12.6. The number of imide groups is 1. The van der Waals surface area contributed by atoms with Gasteiger partial charge in [0.1, 0.15) is 12.1 Å². The molecule has 2 aliphatic heterocycles. The summed E-state index contributed by atoms with van der Waals surface area (Å²) in [7, 11) is 0. The van der Waals surface area contributed by atoms with Crippen LogP contribution in [-0.4, -0.2) is 79.0 Å². The molecule has 118 valence electrons. The van der Waals surface area contributed by atoms with Gasteiger partial charge in [-0.3, -0.25) is 19.8 Å². The Labute approximate surface area is 124 Å². The first-order valence-electron chi connectivity index (χ1n) is 7.24. The summed E-state index contributed by atoms with van der Waals surface area (Å²) < 4.78 is 0. The summed E-state index contributed by atoms with van der Waals surface area (Å²) in [6, 6.07) is -0.512. The highest BCUT2D eigenvalue weighted by Gasteiger charge is 2.46. The Morgan fingerprint density at radius 3 is 2.52 bits per heavy atom. The molecule has 0 aromatic rings. The Bertz CT molecular complexity index is 432. The van der Waals surface area contributed by atoms with Gasteiger partial charge in [-0.1, -0.05) is 0 Å². The average molecular weight is 297 g/mol. The van der Waals surface area contributed by atoms with Crippen molar-refractivity contribution in [3.63, 3.8) is 0 Å². The third-order valence-corrected chi connectivity index (χ3v) is 3.96. The molecule has 2 rings (SSSR count). The number of hydrogen-bond donors (Lipinski definition) is 3. The van der Waals surface area contributed by atoms with Gasteiger partial charge in [0.25, 0.3) is 5.91 Å². The maximum absolute atomic E-state index is 11.9. The normalized spacial score (nSPS) is 22.3. The molecule has 2 fully saturated rings. The van der Waals surface area contributed by atoms with Crippen LogP contribution in [0.1, 0.15) is 13.8 Å². The van der Waals surface area contributed by atoms with E-state index in [0.717, 1.165) is 32.7 Å². The van der Waals surface area contributed by atoms with Crippen molar-refractivity contribution in [2.24, 2.45) is 0 Å². The second kappa shape index (κ2) is 6.40. The first kappa shape index (κ1) is 15.7. The summed E-state index contributed by atoms with van der Waals surface area (Å²) in [6.45, 7) is 8.38. The van der Waals surface area contributed by atoms with E-state index in [2.05, 4.69) is 20.9 Å². The van der Waals surface area contributed by atoms with Crippen LogP contribution in [0, 0.1) is 0 Å². The van der Waals surface area contributed by atoms with E-state index >= 15 is 0 Å². The fraction of sp³-hybridized carbons (Fsp3) is 0.769. The van der Waals surface area contributed by atoms with Gasteiger partial charge < -0.3 is 15.5 Å². The van der Waals surface area contributed by atoms with Gasteiger partial charge in [-0.2, -0.15) is 0 Å². The van der Waals surface area contributed by atoms with Crippen LogP contribution in [0.2, 0.25) is 0 Å². The van der Waals surface area contributed by atoms with Gasteiger partial charge in [0, 0.05) is 39.3 Å². The van der Waals surface area contributed by atoms with Crippen LogP contribution in [-0.2, 0) is 9.59 Å². The predicted octanol–water partition coefficient (Wildman–Crippen LogP) is -1.66. The van der Waals surface area contributed by atoms with E-state index in [-0.39, 0.29) is 18.4 Å². The summed E-state index contributed by atoms with van der Waals surface area (Å²) in [5.41, 5.74) is -0.979. The minimum atomic E-state index is -0.979. The second-order valence-corrected chi connectivity index (χ2v) is 5.85. The van der Waals surface area contributed by atoms with Gasteiger partial charge in [-0.05, 0) is 13.8 Å². The van der Waals surface area contributed by atoms with Crippen molar-refractivity contribution in [1.29, 1.82) is 0 Å². The second-order valence-electron chi connectivity index (χ2n) is 5.85. The smallest absolute Gasteiger partial charge is 0.325 e. The van der Waals surface area contributed by atoms with Crippen molar-refractivity contribution in [3.05, 3.63) is 0 Å². The predicted molar refractivity (Wildman–Crippen MR) is 76.6 cm³/mol. The molecule has 0 bridgehead atoms. The fourth-order valence-corrected chi connectivity index (χ4v) is 2.45. The minimum absolute atomic E-state index is 0.105. The lowest BCUT2D eigenvalue weighted by Crippen LogP contribution is -2.50. The van der Waals surface area contributed by atoms with Gasteiger partial charge in [0.15, 0.2) is 0 Å². The highest BCUT2D eigenvalue weighted by molar-refractivity contribution is 6.07. The first-order chi connectivity index (χ1) is 9.91. The molecule has 3 N–H and O–H groups in total. The molecule has 2 aliphatic rings. The monoisotopic (exact) mass is 297 g/mol. The van der Waals surface area contributed by atoms with E-state index < -0.39 is 11.6 Å². The molecule has 2 saturated heterocycles. The number of nitrogens with zero attached hydrogens (tertiary/aromatic N) is 2. The molecule has 0 spiro atoms. The van der Waals surface area contributed by atoms with Crippen LogP contribution in [0.5, 0.6) is 0 Å². The number of rotatable bonds is 5. The molecule has 0 aliphatic carbocycles. The van der Waals surface area contributed by atoms with E-state index in [0.29, 0.717) is 6.54 Å². The van der Waals surface area contributed by atoms with Crippen molar-refractivity contribution in [3.8, 4) is 0 Å². The Balaban J connectivity index is 1.74. The Morgan fingerprint density at radius 2 is 1.95 bits per heavy atom. The third-order valence-electron chi connectivity index (χ3n) is 3.96. The SMILES string of the molecule is CC1(C)C(=O)NC(=O)N1CC(=O)NCCN1CCNCC1. The minimum Gasteiger partial charge on any atom is -0.353 e. The molecule has 0 atom stereocenters. The molecule has 0 radical (unpaired) electrons. The molecule has 8 heteroatoms. The van der Waals surface area contributed by atoms with E-state index in [1.165, 1.54) is 4.90 Å². The number of carbonyl (C=O) groups excluding carboxylic acids is 3. The van der Waals surface area contributed by atoms with Crippen LogP contribution in [0.4, 0.5) is 4.79 Å². The number of urea groups is 1. The van der Waals surface area contributed by atoms with Gasteiger partial charge in [0.05, 0.1) is 0 Å². The lowest BCUT2D eigenvalue weighted by molar-refractivity contribution is -0.127. The van der Waals surface area contributed by atoms with Crippen molar-refractivity contribution >= 4 is 17.8 Å².